The SMILES string of the molecule is CCc1cc(C(=O)NC(CCC(=O)O)C(=O)O)n(CC)n1. The first-order valence-electron chi connectivity index (χ1n) is 6.71. The first kappa shape index (κ1) is 16.7. The third-order valence-electron chi connectivity index (χ3n) is 2.98. The molecule has 21 heavy (non-hydrogen) atoms. The van der Waals surface area contributed by atoms with Gasteiger partial charge in [-0.15, -0.1) is 0 Å². The maximum atomic E-state index is 12.1. The van der Waals surface area contributed by atoms with Crippen molar-refractivity contribution in [1.82, 2.24) is 15.1 Å². The molecule has 3 N–H and O–H groups in total. The average Bonchev–Trinajstić information content (AvgIpc) is 2.86. The van der Waals surface area contributed by atoms with Gasteiger partial charge in [-0.25, -0.2) is 4.79 Å². The number of carbonyl (C=O) groups excluding carboxylic acids is 1. The minimum Gasteiger partial charge on any atom is -0.481 e. The topological polar surface area (TPSA) is 122 Å². The van der Waals surface area contributed by atoms with Crippen molar-refractivity contribution in [1.29, 1.82) is 0 Å². The van der Waals surface area contributed by atoms with Crippen LogP contribution in [0.3, 0.4) is 0 Å². The van der Waals surface area contributed by atoms with Gasteiger partial charge >= 0.3 is 11.9 Å². The standard InChI is InChI=1S/C13H19N3O5/c1-3-8-7-10(16(4-2)15-8)12(19)14-9(13(20)21)5-6-11(17)18/h7,9H,3-6H2,1-2H3,(H,14,19)(H,17,18)(H,20,21). The highest BCUT2D eigenvalue weighted by atomic mass is 16.4. The highest BCUT2D eigenvalue weighted by Gasteiger charge is 2.23. The Balaban J connectivity index is 2.83. The summed E-state index contributed by atoms with van der Waals surface area (Å²) in [6, 6.07) is 0.369. The van der Waals surface area contributed by atoms with Crippen molar-refractivity contribution in [3.63, 3.8) is 0 Å². The Kier molecular flexibility index (Phi) is 5.89. The zero-order valence-electron chi connectivity index (χ0n) is 12.0. The van der Waals surface area contributed by atoms with Crippen LogP contribution in [-0.4, -0.2) is 43.9 Å². The predicted molar refractivity (Wildman–Crippen MR) is 73.0 cm³/mol. The van der Waals surface area contributed by atoms with E-state index in [1.54, 1.807) is 6.07 Å². The number of aryl methyl sites for hydroxylation is 2. The fourth-order valence-electron chi connectivity index (χ4n) is 1.82. The van der Waals surface area contributed by atoms with E-state index in [0.717, 1.165) is 5.69 Å². The number of hydrogen-bond acceptors (Lipinski definition) is 4. The molecule has 0 aromatic carbocycles. The van der Waals surface area contributed by atoms with Crippen LogP contribution in [0.2, 0.25) is 0 Å². The summed E-state index contributed by atoms with van der Waals surface area (Å²) in [6.45, 7) is 4.20. The number of carboxylic acid groups (broad SMARTS) is 2. The largest absolute Gasteiger partial charge is 0.481 e. The van der Waals surface area contributed by atoms with Gasteiger partial charge in [0.25, 0.3) is 5.91 Å². The molecule has 0 spiro atoms. The molecule has 0 aliphatic heterocycles. The molecule has 0 saturated heterocycles. The summed E-state index contributed by atoms with van der Waals surface area (Å²) in [4.78, 5) is 33.7. The van der Waals surface area contributed by atoms with Gasteiger partial charge in [-0.05, 0) is 25.8 Å². The summed E-state index contributed by atoms with van der Waals surface area (Å²) in [6.07, 6.45) is 0.163. The second kappa shape index (κ2) is 7.41. The highest BCUT2D eigenvalue weighted by molar-refractivity contribution is 5.95. The van der Waals surface area contributed by atoms with Crippen LogP contribution < -0.4 is 5.32 Å². The molecule has 0 saturated carbocycles. The molecule has 1 amide bonds. The van der Waals surface area contributed by atoms with E-state index >= 15 is 0 Å². The molecule has 116 valence electrons. The Labute approximate surface area is 121 Å². The lowest BCUT2D eigenvalue weighted by atomic mass is 10.1. The molecule has 1 unspecified atom stereocenters. The normalized spacial score (nSPS) is 11.9. The molecular weight excluding hydrogens is 278 g/mol. The summed E-state index contributed by atoms with van der Waals surface area (Å²) in [5.74, 6) is -2.94. The zero-order chi connectivity index (χ0) is 16.0. The van der Waals surface area contributed by atoms with Gasteiger partial charge in [-0.3, -0.25) is 14.3 Å². The Bertz CT molecular complexity index is 538. The van der Waals surface area contributed by atoms with Crippen LogP contribution in [-0.2, 0) is 22.6 Å². The average molecular weight is 297 g/mol. The van der Waals surface area contributed by atoms with Gasteiger partial charge in [0.05, 0.1) is 5.69 Å². The molecule has 1 rings (SSSR count). The number of nitrogens with zero attached hydrogens (tertiary/aromatic N) is 2. The van der Waals surface area contributed by atoms with Crippen LogP contribution in [0.15, 0.2) is 6.07 Å². The maximum absolute atomic E-state index is 12.1. The van der Waals surface area contributed by atoms with Crippen LogP contribution in [0, 0.1) is 0 Å². The number of hydrogen-bond donors (Lipinski definition) is 3. The molecule has 1 atom stereocenters. The number of aliphatic carboxylic acids is 2. The first-order valence-corrected chi connectivity index (χ1v) is 6.71. The molecule has 8 nitrogen and oxygen atoms in total. The van der Waals surface area contributed by atoms with Gasteiger partial charge in [0.15, 0.2) is 0 Å². The summed E-state index contributed by atoms with van der Waals surface area (Å²) < 4.78 is 1.49. The van der Waals surface area contributed by atoms with Crippen LogP contribution in [0.5, 0.6) is 0 Å². The van der Waals surface area contributed by atoms with E-state index in [4.69, 9.17) is 10.2 Å². The Hall–Kier alpha value is -2.38. The Morgan fingerprint density at radius 3 is 2.48 bits per heavy atom. The highest BCUT2D eigenvalue weighted by Crippen LogP contribution is 2.07. The lowest BCUT2D eigenvalue weighted by Gasteiger charge is -2.13. The Morgan fingerprint density at radius 2 is 2.00 bits per heavy atom. The maximum Gasteiger partial charge on any atom is 0.326 e. The molecule has 8 heteroatoms. The zero-order valence-corrected chi connectivity index (χ0v) is 12.0. The van der Waals surface area contributed by atoms with Crippen LogP contribution in [0.4, 0.5) is 0 Å². The fourth-order valence-corrected chi connectivity index (χ4v) is 1.82. The van der Waals surface area contributed by atoms with E-state index in [9.17, 15) is 14.4 Å². The van der Waals surface area contributed by atoms with Gasteiger partial charge in [0, 0.05) is 13.0 Å². The third-order valence-corrected chi connectivity index (χ3v) is 2.98. The van der Waals surface area contributed by atoms with E-state index < -0.39 is 23.9 Å². The van der Waals surface area contributed by atoms with Crippen molar-refractivity contribution < 1.29 is 24.6 Å². The van der Waals surface area contributed by atoms with E-state index in [1.807, 2.05) is 13.8 Å². The van der Waals surface area contributed by atoms with Crippen LogP contribution in [0.1, 0.15) is 42.9 Å². The van der Waals surface area contributed by atoms with Crippen molar-refractivity contribution >= 4 is 17.8 Å². The number of carbonyl (C=O) groups is 3. The summed E-state index contributed by atoms with van der Waals surface area (Å²) in [5, 5.41) is 24.2. The minimum absolute atomic E-state index is 0.169. The van der Waals surface area contributed by atoms with Crippen molar-refractivity contribution in [2.24, 2.45) is 0 Å². The summed E-state index contributed by atoms with van der Waals surface area (Å²) in [7, 11) is 0. The molecular formula is C13H19N3O5. The smallest absolute Gasteiger partial charge is 0.326 e. The van der Waals surface area contributed by atoms with Gasteiger partial charge in [0.1, 0.15) is 11.7 Å². The number of rotatable bonds is 8. The molecule has 0 aliphatic rings. The number of aromatic nitrogens is 2. The van der Waals surface area contributed by atoms with Gasteiger partial charge in [-0.1, -0.05) is 6.92 Å². The third kappa shape index (κ3) is 4.59. The second-order valence-electron chi connectivity index (χ2n) is 4.49. The summed E-state index contributed by atoms with van der Waals surface area (Å²) in [5.41, 5.74) is 1.01. The first-order chi connectivity index (χ1) is 9.88. The van der Waals surface area contributed by atoms with Crippen molar-refractivity contribution in [3.05, 3.63) is 17.5 Å². The number of amides is 1. The minimum atomic E-state index is -1.26. The van der Waals surface area contributed by atoms with Gasteiger partial charge in [0.2, 0.25) is 0 Å². The monoisotopic (exact) mass is 297 g/mol. The molecule has 0 radical (unpaired) electrons. The van der Waals surface area contributed by atoms with E-state index in [1.165, 1.54) is 4.68 Å². The van der Waals surface area contributed by atoms with E-state index in [-0.39, 0.29) is 18.5 Å². The van der Waals surface area contributed by atoms with Gasteiger partial charge < -0.3 is 15.5 Å². The fraction of sp³-hybridized carbons (Fsp3) is 0.538. The van der Waals surface area contributed by atoms with Crippen molar-refractivity contribution in [2.75, 3.05) is 0 Å². The van der Waals surface area contributed by atoms with Crippen molar-refractivity contribution in [3.8, 4) is 0 Å². The van der Waals surface area contributed by atoms with E-state index in [0.29, 0.717) is 13.0 Å². The van der Waals surface area contributed by atoms with Gasteiger partial charge in [-0.2, -0.15) is 5.10 Å². The van der Waals surface area contributed by atoms with Crippen LogP contribution in [0.25, 0.3) is 0 Å². The number of carboxylic acids is 2. The lowest BCUT2D eigenvalue weighted by Crippen LogP contribution is -2.41. The molecule has 0 bridgehead atoms. The Morgan fingerprint density at radius 1 is 1.33 bits per heavy atom. The molecule has 1 aromatic rings. The lowest BCUT2D eigenvalue weighted by molar-refractivity contribution is -0.140. The molecule has 0 aliphatic carbocycles. The number of nitrogens with one attached hydrogen (secondary N) is 1. The van der Waals surface area contributed by atoms with Crippen LogP contribution >= 0.6 is 0 Å². The molecule has 1 aromatic heterocycles. The van der Waals surface area contributed by atoms with Crippen molar-refractivity contribution in [2.45, 2.75) is 45.7 Å². The quantitative estimate of drug-likeness (QED) is 0.643. The summed E-state index contributed by atoms with van der Waals surface area (Å²) >= 11 is 0. The molecule has 0 fully saturated rings. The predicted octanol–water partition coefficient (Wildman–Crippen LogP) is 0.513. The second-order valence-corrected chi connectivity index (χ2v) is 4.49. The van der Waals surface area contributed by atoms with E-state index in [2.05, 4.69) is 10.4 Å². The molecule has 1 heterocycles.